The maximum atomic E-state index is 5.04. The summed E-state index contributed by atoms with van der Waals surface area (Å²) < 4.78 is 7.41. The normalized spacial score (nSPS) is 12.2. The highest BCUT2D eigenvalue weighted by Crippen LogP contribution is 2.23. The zero-order valence-corrected chi connectivity index (χ0v) is 13.8. The molecule has 0 saturated heterocycles. The number of aromatic nitrogens is 1. The van der Waals surface area contributed by atoms with E-state index in [1.54, 1.807) is 7.11 Å². The van der Waals surface area contributed by atoms with Crippen molar-refractivity contribution in [2.24, 2.45) is 5.41 Å². The van der Waals surface area contributed by atoms with Crippen LogP contribution >= 0.6 is 0 Å². The number of rotatable bonds is 7. The fourth-order valence-electron chi connectivity index (χ4n) is 2.42. The van der Waals surface area contributed by atoms with E-state index >= 15 is 0 Å². The summed E-state index contributed by atoms with van der Waals surface area (Å²) in [6.45, 7) is 10.5. The van der Waals surface area contributed by atoms with Crippen LogP contribution in [0.5, 0.6) is 0 Å². The molecule has 0 fully saturated rings. The van der Waals surface area contributed by atoms with Gasteiger partial charge in [0, 0.05) is 38.5 Å². The van der Waals surface area contributed by atoms with Gasteiger partial charge in [0.25, 0.3) is 0 Å². The van der Waals surface area contributed by atoms with E-state index < -0.39 is 0 Å². The molecule has 0 atom stereocenters. The van der Waals surface area contributed by atoms with Crippen molar-refractivity contribution in [1.29, 1.82) is 0 Å². The van der Waals surface area contributed by atoms with Gasteiger partial charge in [0.15, 0.2) is 0 Å². The Balaban J connectivity index is 2.01. The summed E-state index contributed by atoms with van der Waals surface area (Å²) in [5.41, 5.74) is 3.04. The van der Waals surface area contributed by atoms with Crippen LogP contribution in [0.15, 0.2) is 30.5 Å². The van der Waals surface area contributed by atoms with Gasteiger partial charge < -0.3 is 14.6 Å². The molecule has 0 bridgehead atoms. The minimum atomic E-state index is 0.377. The summed E-state index contributed by atoms with van der Waals surface area (Å²) in [7, 11) is 1.73. The van der Waals surface area contributed by atoms with Crippen molar-refractivity contribution in [3.05, 3.63) is 36.0 Å². The van der Waals surface area contributed by atoms with Crippen LogP contribution in [-0.4, -0.2) is 24.8 Å². The Hall–Kier alpha value is -1.32. The summed E-state index contributed by atoms with van der Waals surface area (Å²) in [5.74, 6) is 0. The van der Waals surface area contributed by atoms with Gasteiger partial charge in [0.2, 0.25) is 0 Å². The molecule has 0 aliphatic rings. The molecule has 0 spiro atoms. The first-order valence-electron chi connectivity index (χ1n) is 7.77. The molecule has 0 radical (unpaired) electrons. The van der Waals surface area contributed by atoms with Crippen LogP contribution in [0.1, 0.15) is 32.8 Å². The predicted molar refractivity (Wildman–Crippen MR) is 89.6 cm³/mol. The Labute approximate surface area is 128 Å². The van der Waals surface area contributed by atoms with Gasteiger partial charge in [0.1, 0.15) is 0 Å². The topological polar surface area (TPSA) is 26.2 Å². The minimum absolute atomic E-state index is 0.377. The molecule has 2 rings (SSSR count). The van der Waals surface area contributed by atoms with Crippen molar-refractivity contribution in [2.75, 3.05) is 20.3 Å². The Kier molecular flexibility index (Phi) is 5.43. The van der Waals surface area contributed by atoms with Crippen LogP contribution in [0.2, 0.25) is 0 Å². The second-order valence-corrected chi connectivity index (χ2v) is 6.88. The molecule has 1 heterocycles. The van der Waals surface area contributed by atoms with E-state index in [0.717, 1.165) is 26.2 Å². The van der Waals surface area contributed by atoms with Crippen LogP contribution in [0.3, 0.4) is 0 Å². The van der Waals surface area contributed by atoms with Crippen molar-refractivity contribution in [3.8, 4) is 0 Å². The fraction of sp³-hybridized carbons (Fsp3) is 0.556. The average molecular weight is 288 g/mol. The number of methoxy groups -OCH3 is 1. The van der Waals surface area contributed by atoms with E-state index in [-0.39, 0.29) is 0 Å². The van der Waals surface area contributed by atoms with Crippen LogP contribution in [0.4, 0.5) is 0 Å². The Morgan fingerprint density at radius 3 is 2.71 bits per heavy atom. The third kappa shape index (κ3) is 4.87. The van der Waals surface area contributed by atoms with Crippen molar-refractivity contribution >= 4 is 10.9 Å². The number of ether oxygens (including phenoxy) is 1. The monoisotopic (exact) mass is 288 g/mol. The van der Waals surface area contributed by atoms with Crippen molar-refractivity contribution in [1.82, 2.24) is 9.88 Å². The zero-order chi connectivity index (χ0) is 15.3. The van der Waals surface area contributed by atoms with Crippen molar-refractivity contribution in [3.63, 3.8) is 0 Å². The van der Waals surface area contributed by atoms with Gasteiger partial charge in [-0.1, -0.05) is 26.8 Å². The number of hydrogen-bond acceptors (Lipinski definition) is 2. The number of benzene rings is 1. The van der Waals surface area contributed by atoms with Crippen molar-refractivity contribution in [2.45, 2.75) is 40.3 Å². The lowest BCUT2D eigenvalue weighted by molar-refractivity contribution is 0.199. The minimum Gasteiger partial charge on any atom is -0.383 e. The summed E-state index contributed by atoms with van der Waals surface area (Å²) in [6.07, 6.45) is 3.40. The predicted octanol–water partition coefficient (Wildman–Crippen LogP) is 3.81. The Morgan fingerprint density at radius 1 is 1.19 bits per heavy atom. The molecule has 1 aromatic heterocycles. The van der Waals surface area contributed by atoms with E-state index in [2.05, 4.69) is 61.1 Å². The highest BCUT2D eigenvalue weighted by Gasteiger charge is 2.11. The van der Waals surface area contributed by atoms with Crippen LogP contribution < -0.4 is 5.32 Å². The van der Waals surface area contributed by atoms with Crippen LogP contribution in [0, 0.1) is 5.41 Å². The van der Waals surface area contributed by atoms with Crippen LogP contribution in [0.25, 0.3) is 10.9 Å². The number of hydrogen-bond donors (Lipinski definition) is 1. The first kappa shape index (κ1) is 16.1. The third-order valence-corrected chi connectivity index (χ3v) is 3.75. The number of nitrogens with zero attached hydrogens (tertiary/aromatic N) is 1. The Morgan fingerprint density at radius 2 is 2.00 bits per heavy atom. The van der Waals surface area contributed by atoms with Crippen molar-refractivity contribution < 1.29 is 4.74 Å². The lowest BCUT2D eigenvalue weighted by Crippen LogP contribution is -2.18. The molecule has 0 unspecified atom stereocenters. The summed E-state index contributed by atoms with van der Waals surface area (Å²) in [6, 6.07) is 8.96. The van der Waals surface area contributed by atoms with E-state index in [1.165, 1.54) is 22.9 Å². The largest absolute Gasteiger partial charge is 0.383 e. The molecule has 1 aromatic carbocycles. The maximum Gasteiger partial charge on any atom is 0.0587 e. The molecular formula is C18H28N2O. The standard InChI is InChI=1S/C18H28N2O/c1-18(2,3)8-11-20-10-7-16-13-15(5-6-17(16)20)14-19-9-12-21-4/h5-7,10,13,19H,8-9,11-12,14H2,1-4H3. The average Bonchev–Trinajstić information content (AvgIpc) is 2.83. The first-order valence-corrected chi connectivity index (χ1v) is 7.77. The molecule has 21 heavy (non-hydrogen) atoms. The SMILES string of the molecule is COCCNCc1ccc2c(ccn2CCC(C)(C)C)c1. The van der Waals surface area contributed by atoms with Gasteiger partial charge in [-0.15, -0.1) is 0 Å². The van der Waals surface area contributed by atoms with Gasteiger partial charge in [-0.25, -0.2) is 0 Å². The molecule has 1 N–H and O–H groups in total. The van der Waals surface area contributed by atoms with E-state index in [0.29, 0.717) is 5.41 Å². The molecular weight excluding hydrogens is 260 g/mol. The highest BCUT2D eigenvalue weighted by atomic mass is 16.5. The summed E-state index contributed by atoms with van der Waals surface area (Å²) in [4.78, 5) is 0. The lowest BCUT2D eigenvalue weighted by Gasteiger charge is -2.18. The molecule has 3 heteroatoms. The van der Waals surface area contributed by atoms with Gasteiger partial charge in [-0.2, -0.15) is 0 Å². The third-order valence-electron chi connectivity index (χ3n) is 3.75. The Bertz CT molecular complexity index is 566. The molecule has 0 saturated carbocycles. The smallest absolute Gasteiger partial charge is 0.0587 e. The molecule has 0 aliphatic heterocycles. The molecule has 0 aliphatic carbocycles. The maximum absolute atomic E-state index is 5.04. The number of fused-ring (bicyclic) bond motifs is 1. The van der Waals surface area contributed by atoms with Gasteiger partial charge in [-0.3, -0.25) is 0 Å². The van der Waals surface area contributed by atoms with E-state index in [1.807, 2.05) is 0 Å². The first-order chi connectivity index (χ1) is 9.99. The molecule has 3 nitrogen and oxygen atoms in total. The molecule has 2 aromatic rings. The molecule has 116 valence electrons. The van der Waals surface area contributed by atoms with Crippen LogP contribution in [-0.2, 0) is 17.8 Å². The highest BCUT2D eigenvalue weighted by molar-refractivity contribution is 5.80. The molecule has 0 amide bonds. The van der Waals surface area contributed by atoms with Gasteiger partial charge in [-0.05, 0) is 41.0 Å². The second kappa shape index (κ2) is 7.10. The van der Waals surface area contributed by atoms with Gasteiger partial charge >= 0.3 is 0 Å². The van der Waals surface area contributed by atoms with E-state index in [9.17, 15) is 0 Å². The number of aryl methyl sites for hydroxylation is 1. The number of nitrogens with one attached hydrogen (secondary N) is 1. The fourth-order valence-corrected chi connectivity index (χ4v) is 2.42. The van der Waals surface area contributed by atoms with E-state index in [4.69, 9.17) is 4.74 Å². The summed E-state index contributed by atoms with van der Waals surface area (Å²) in [5, 5.41) is 4.72. The lowest BCUT2D eigenvalue weighted by atomic mass is 9.92. The quantitative estimate of drug-likeness (QED) is 0.784. The summed E-state index contributed by atoms with van der Waals surface area (Å²) >= 11 is 0. The van der Waals surface area contributed by atoms with Gasteiger partial charge in [0.05, 0.1) is 6.61 Å². The zero-order valence-electron chi connectivity index (χ0n) is 13.8. The second-order valence-electron chi connectivity index (χ2n) is 6.88.